The smallest absolute Gasteiger partial charge is 0.262 e. The van der Waals surface area contributed by atoms with Gasteiger partial charge in [-0.15, -0.1) is 0 Å². The van der Waals surface area contributed by atoms with E-state index >= 15 is 0 Å². The van der Waals surface area contributed by atoms with Crippen LogP contribution in [0.5, 0.6) is 11.5 Å². The zero-order valence-electron chi connectivity index (χ0n) is 15.1. The lowest BCUT2D eigenvalue weighted by Crippen LogP contribution is -2.22. The summed E-state index contributed by atoms with van der Waals surface area (Å²) in [5, 5.41) is 3.31. The summed E-state index contributed by atoms with van der Waals surface area (Å²) in [6.07, 6.45) is 0. The number of carbonyl (C=O) groups excluding carboxylic acids is 2. The fraction of sp³-hybridized carbons (Fsp3) is 0.263. The molecular formula is C19H21ClN2O4. The monoisotopic (exact) mass is 376 g/mol. The average Bonchev–Trinajstić information content (AvgIpc) is 2.59. The SMILES string of the molecule is COc1cc(C(C)=O)ccc1OCC(=O)Nc1cc(Cl)ccc1N(C)C. The molecular weight excluding hydrogens is 356 g/mol. The molecule has 0 heterocycles. The number of amides is 1. The third kappa shape index (κ3) is 4.89. The highest BCUT2D eigenvalue weighted by Gasteiger charge is 2.13. The molecule has 0 unspecified atom stereocenters. The van der Waals surface area contributed by atoms with Crippen LogP contribution in [0, 0.1) is 0 Å². The van der Waals surface area contributed by atoms with Crippen molar-refractivity contribution in [2.75, 3.05) is 38.0 Å². The summed E-state index contributed by atoms with van der Waals surface area (Å²) in [5.41, 5.74) is 1.93. The zero-order valence-corrected chi connectivity index (χ0v) is 15.9. The van der Waals surface area contributed by atoms with Crippen molar-refractivity contribution in [3.63, 3.8) is 0 Å². The van der Waals surface area contributed by atoms with Gasteiger partial charge in [0.2, 0.25) is 0 Å². The van der Waals surface area contributed by atoms with Crippen LogP contribution in [0.25, 0.3) is 0 Å². The van der Waals surface area contributed by atoms with Crippen molar-refractivity contribution in [2.45, 2.75) is 6.92 Å². The molecule has 0 saturated carbocycles. The molecule has 0 saturated heterocycles. The molecule has 0 aromatic heterocycles. The van der Waals surface area contributed by atoms with Crippen molar-refractivity contribution in [3.05, 3.63) is 47.0 Å². The Kier molecular flexibility index (Phi) is 6.46. The molecule has 6 nitrogen and oxygen atoms in total. The van der Waals surface area contributed by atoms with Gasteiger partial charge >= 0.3 is 0 Å². The largest absolute Gasteiger partial charge is 0.493 e. The standard InChI is InChI=1S/C19H21ClN2O4/c1-12(23)13-5-8-17(18(9-13)25-4)26-11-19(24)21-15-10-14(20)6-7-16(15)22(2)3/h5-10H,11H2,1-4H3,(H,21,24). The Bertz CT molecular complexity index is 821. The molecule has 0 bridgehead atoms. The Hall–Kier alpha value is -2.73. The topological polar surface area (TPSA) is 67.9 Å². The lowest BCUT2D eigenvalue weighted by molar-refractivity contribution is -0.118. The van der Waals surface area contributed by atoms with Crippen molar-refractivity contribution < 1.29 is 19.1 Å². The van der Waals surface area contributed by atoms with E-state index in [0.717, 1.165) is 5.69 Å². The number of Topliss-reactive ketones (excluding diaryl/α,β-unsaturated/α-hetero) is 1. The molecule has 0 atom stereocenters. The van der Waals surface area contributed by atoms with Gasteiger partial charge in [0.1, 0.15) is 0 Å². The van der Waals surface area contributed by atoms with Crippen LogP contribution in [0.4, 0.5) is 11.4 Å². The van der Waals surface area contributed by atoms with Gasteiger partial charge in [-0.25, -0.2) is 0 Å². The molecule has 2 aromatic carbocycles. The minimum Gasteiger partial charge on any atom is -0.493 e. The molecule has 0 aliphatic heterocycles. The summed E-state index contributed by atoms with van der Waals surface area (Å²) in [6.45, 7) is 1.26. The normalized spacial score (nSPS) is 10.2. The summed E-state index contributed by atoms with van der Waals surface area (Å²) in [4.78, 5) is 25.6. The molecule has 0 fully saturated rings. The van der Waals surface area contributed by atoms with Crippen LogP contribution in [0.15, 0.2) is 36.4 Å². The summed E-state index contributed by atoms with van der Waals surface area (Å²) in [5.74, 6) is 0.353. The third-order valence-electron chi connectivity index (χ3n) is 3.64. The molecule has 0 aliphatic carbocycles. The molecule has 2 aromatic rings. The highest BCUT2D eigenvalue weighted by atomic mass is 35.5. The predicted octanol–water partition coefficient (Wildman–Crippen LogP) is 3.63. The number of halogens is 1. The van der Waals surface area contributed by atoms with Crippen LogP contribution >= 0.6 is 11.6 Å². The molecule has 1 amide bonds. The van der Waals surface area contributed by atoms with Gasteiger partial charge in [-0.1, -0.05) is 11.6 Å². The molecule has 1 N–H and O–H groups in total. The van der Waals surface area contributed by atoms with Crippen LogP contribution in [0.2, 0.25) is 5.02 Å². The van der Waals surface area contributed by atoms with Gasteiger partial charge in [0.25, 0.3) is 5.91 Å². The maximum atomic E-state index is 12.3. The zero-order chi connectivity index (χ0) is 19.3. The lowest BCUT2D eigenvalue weighted by atomic mass is 10.1. The van der Waals surface area contributed by atoms with Crippen LogP contribution in [-0.4, -0.2) is 39.5 Å². The first kappa shape index (κ1) is 19.6. The molecule has 0 aliphatic rings. The predicted molar refractivity (Wildman–Crippen MR) is 103 cm³/mol. The van der Waals surface area contributed by atoms with Crippen LogP contribution in [-0.2, 0) is 4.79 Å². The molecule has 0 spiro atoms. The molecule has 7 heteroatoms. The van der Waals surface area contributed by atoms with Crippen LogP contribution in [0.1, 0.15) is 17.3 Å². The second-order valence-electron chi connectivity index (χ2n) is 5.81. The number of ketones is 1. The minimum atomic E-state index is -0.340. The summed E-state index contributed by atoms with van der Waals surface area (Å²) in [7, 11) is 5.22. The summed E-state index contributed by atoms with van der Waals surface area (Å²) in [6, 6.07) is 10.1. The lowest BCUT2D eigenvalue weighted by Gasteiger charge is -2.18. The number of anilines is 2. The van der Waals surface area contributed by atoms with E-state index in [1.807, 2.05) is 25.1 Å². The highest BCUT2D eigenvalue weighted by Crippen LogP contribution is 2.29. The Morgan fingerprint density at radius 2 is 1.85 bits per heavy atom. The van der Waals surface area contributed by atoms with Gasteiger partial charge < -0.3 is 19.7 Å². The number of ether oxygens (including phenoxy) is 2. The maximum absolute atomic E-state index is 12.3. The second-order valence-corrected chi connectivity index (χ2v) is 6.25. The number of carbonyl (C=O) groups is 2. The Morgan fingerprint density at radius 3 is 2.46 bits per heavy atom. The Labute approximate surface area is 157 Å². The Morgan fingerprint density at radius 1 is 1.12 bits per heavy atom. The van der Waals surface area contributed by atoms with Crippen molar-refractivity contribution in [2.24, 2.45) is 0 Å². The molecule has 2 rings (SSSR count). The molecule has 0 radical (unpaired) electrons. The van der Waals surface area contributed by atoms with E-state index in [-0.39, 0.29) is 18.3 Å². The highest BCUT2D eigenvalue weighted by molar-refractivity contribution is 6.31. The van der Waals surface area contributed by atoms with E-state index < -0.39 is 0 Å². The van der Waals surface area contributed by atoms with Gasteiger partial charge in [0.15, 0.2) is 23.9 Å². The van der Waals surface area contributed by atoms with E-state index in [4.69, 9.17) is 21.1 Å². The summed E-state index contributed by atoms with van der Waals surface area (Å²) >= 11 is 6.01. The Balaban J connectivity index is 2.08. The fourth-order valence-electron chi connectivity index (χ4n) is 2.33. The van der Waals surface area contributed by atoms with E-state index in [1.165, 1.54) is 14.0 Å². The molecule has 138 valence electrons. The number of hydrogen-bond donors (Lipinski definition) is 1. The van der Waals surface area contributed by atoms with Crippen LogP contribution < -0.4 is 19.7 Å². The van der Waals surface area contributed by atoms with Crippen molar-refractivity contribution >= 4 is 34.7 Å². The van der Waals surface area contributed by atoms with Crippen molar-refractivity contribution in [1.82, 2.24) is 0 Å². The van der Waals surface area contributed by atoms with E-state index in [1.54, 1.807) is 30.3 Å². The van der Waals surface area contributed by atoms with Crippen molar-refractivity contribution in [1.29, 1.82) is 0 Å². The number of benzene rings is 2. The first-order chi connectivity index (χ1) is 12.3. The van der Waals surface area contributed by atoms with E-state index in [9.17, 15) is 9.59 Å². The van der Waals surface area contributed by atoms with Gasteiger partial charge in [-0.2, -0.15) is 0 Å². The van der Waals surface area contributed by atoms with E-state index in [2.05, 4.69) is 5.32 Å². The number of rotatable bonds is 7. The quantitative estimate of drug-likeness (QED) is 0.747. The average molecular weight is 377 g/mol. The first-order valence-corrected chi connectivity index (χ1v) is 8.28. The van der Waals surface area contributed by atoms with Gasteiger partial charge in [-0.05, 0) is 43.3 Å². The van der Waals surface area contributed by atoms with Crippen LogP contribution in [0.3, 0.4) is 0 Å². The van der Waals surface area contributed by atoms with Gasteiger partial charge in [-0.3, -0.25) is 9.59 Å². The van der Waals surface area contributed by atoms with Gasteiger partial charge in [0, 0.05) is 24.7 Å². The van der Waals surface area contributed by atoms with Crippen molar-refractivity contribution in [3.8, 4) is 11.5 Å². The fourth-order valence-corrected chi connectivity index (χ4v) is 2.51. The first-order valence-electron chi connectivity index (χ1n) is 7.90. The summed E-state index contributed by atoms with van der Waals surface area (Å²) < 4.78 is 10.8. The number of methoxy groups -OCH3 is 1. The third-order valence-corrected chi connectivity index (χ3v) is 3.88. The number of nitrogens with zero attached hydrogens (tertiary/aromatic N) is 1. The number of nitrogens with one attached hydrogen (secondary N) is 1. The molecule has 26 heavy (non-hydrogen) atoms. The maximum Gasteiger partial charge on any atom is 0.262 e. The van der Waals surface area contributed by atoms with E-state index in [0.29, 0.717) is 27.8 Å². The number of hydrogen-bond acceptors (Lipinski definition) is 5. The second kappa shape index (κ2) is 8.58. The van der Waals surface area contributed by atoms with Gasteiger partial charge in [0.05, 0.1) is 18.5 Å². The minimum absolute atomic E-state index is 0.0789.